The molecule has 2 aromatic carbocycles. The fourth-order valence-electron chi connectivity index (χ4n) is 3.19. The highest BCUT2D eigenvalue weighted by Gasteiger charge is 2.16. The van der Waals surface area contributed by atoms with Crippen LogP contribution in [0.4, 0.5) is 0 Å². The first-order valence-corrected chi connectivity index (χ1v) is 9.10. The number of hydrogen-bond donors (Lipinski definition) is 3. The van der Waals surface area contributed by atoms with Gasteiger partial charge in [0.25, 0.3) is 5.56 Å². The number of H-pyrrole nitrogens is 1. The van der Waals surface area contributed by atoms with E-state index in [2.05, 4.69) is 4.98 Å². The molecule has 0 spiro atoms. The number of rotatable bonds is 3. The zero-order chi connectivity index (χ0) is 17.6. The average Bonchev–Trinajstić information content (AvgIpc) is 3.08. The van der Waals surface area contributed by atoms with E-state index in [9.17, 15) is 9.90 Å². The third-order valence-corrected chi connectivity index (χ3v) is 5.59. The van der Waals surface area contributed by atoms with Gasteiger partial charge in [-0.2, -0.15) is 0 Å². The second-order valence-corrected chi connectivity index (χ2v) is 7.17. The molecule has 0 saturated carbocycles. The van der Waals surface area contributed by atoms with Crippen molar-refractivity contribution in [2.45, 2.75) is 6.42 Å². The lowest BCUT2D eigenvalue weighted by molar-refractivity contribution is 0.478. The lowest BCUT2D eigenvalue weighted by atomic mass is 9.96. The van der Waals surface area contributed by atoms with Gasteiger partial charge in [0, 0.05) is 26.9 Å². The summed E-state index contributed by atoms with van der Waals surface area (Å²) in [5.74, 6) is 0.148. The predicted molar refractivity (Wildman–Crippen MR) is 105 cm³/mol. The summed E-state index contributed by atoms with van der Waals surface area (Å²) < 4.78 is 0.644. The summed E-state index contributed by atoms with van der Waals surface area (Å²) in [6.45, 7) is 0.523. The van der Waals surface area contributed by atoms with Crippen LogP contribution < -0.4 is 11.3 Å². The van der Waals surface area contributed by atoms with Crippen molar-refractivity contribution in [3.63, 3.8) is 0 Å². The van der Waals surface area contributed by atoms with Crippen LogP contribution in [0.1, 0.15) is 5.56 Å². The molecule has 0 radical (unpaired) electrons. The maximum absolute atomic E-state index is 12.2. The van der Waals surface area contributed by atoms with Crippen LogP contribution in [0.2, 0.25) is 5.02 Å². The largest absolute Gasteiger partial charge is 0.507 e. The number of halogens is 1. The van der Waals surface area contributed by atoms with Crippen LogP contribution in [0, 0.1) is 0 Å². The van der Waals surface area contributed by atoms with E-state index < -0.39 is 0 Å². The Morgan fingerprint density at radius 1 is 1.20 bits per heavy atom. The van der Waals surface area contributed by atoms with Gasteiger partial charge < -0.3 is 15.8 Å². The third kappa shape index (κ3) is 2.61. The topological polar surface area (TPSA) is 79.1 Å². The number of nitrogens with two attached hydrogens (primary N) is 1. The zero-order valence-corrected chi connectivity index (χ0v) is 14.7. The molecule has 4 aromatic rings. The quantitative estimate of drug-likeness (QED) is 0.504. The Kier molecular flexibility index (Phi) is 4.00. The van der Waals surface area contributed by atoms with Gasteiger partial charge in [-0.15, -0.1) is 11.3 Å². The van der Waals surface area contributed by atoms with Gasteiger partial charge >= 0.3 is 0 Å². The highest BCUT2D eigenvalue weighted by atomic mass is 35.5. The maximum atomic E-state index is 12.2. The van der Waals surface area contributed by atoms with E-state index in [4.69, 9.17) is 17.3 Å². The number of benzene rings is 2. The van der Waals surface area contributed by atoms with E-state index >= 15 is 0 Å². The SMILES string of the molecule is NCCc1ccc(-c2c(O)ccc3[nH]c(=O)c4sccc4c23)cc1Cl. The molecule has 0 aliphatic heterocycles. The van der Waals surface area contributed by atoms with Crippen LogP contribution in [0.5, 0.6) is 5.75 Å². The Balaban J connectivity index is 2.07. The van der Waals surface area contributed by atoms with Crippen molar-refractivity contribution in [2.24, 2.45) is 5.73 Å². The van der Waals surface area contributed by atoms with Crippen LogP contribution in [0.25, 0.3) is 32.1 Å². The molecule has 0 amide bonds. The average molecular weight is 371 g/mol. The molecule has 4 N–H and O–H groups in total. The van der Waals surface area contributed by atoms with Crippen LogP contribution in [-0.2, 0) is 6.42 Å². The first-order valence-electron chi connectivity index (χ1n) is 7.84. The number of thiophene rings is 1. The standard InChI is InChI=1S/C19H15ClN2O2S/c20-13-9-11(2-1-10(13)5-7-21)16-15(23)4-3-14-17(16)12-6-8-25-18(12)19(24)22-14/h1-4,6,8-9,23H,5,7,21H2,(H,22,24). The second-order valence-electron chi connectivity index (χ2n) is 5.84. The molecule has 2 aromatic heterocycles. The van der Waals surface area contributed by atoms with Crippen molar-refractivity contribution >= 4 is 43.9 Å². The third-order valence-electron chi connectivity index (χ3n) is 4.33. The summed E-state index contributed by atoms with van der Waals surface area (Å²) >= 11 is 7.78. The van der Waals surface area contributed by atoms with Gasteiger partial charge in [0.1, 0.15) is 10.4 Å². The molecule has 4 rings (SSSR count). The summed E-state index contributed by atoms with van der Waals surface area (Å²) in [6, 6.07) is 10.9. The smallest absolute Gasteiger partial charge is 0.266 e. The second kappa shape index (κ2) is 6.19. The summed E-state index contributed by atoms with van der Waals surface area (Å²) in [5.41, 5.74) is 8.61. The molecular weight excluding hydrogens is 356 g/mol. The van der Waals surface area contributed by atoms with Gasteiger partial charge in [-0.3, -0.25) is 4.79 Å². The molecule has 126 valence electrons. The van der Waals surface area contributed by atoms with Crippen molar-refractivity contribution in [1.82, 2.24) is 4.98 Å². The fourth-order valence-corrected chi connectivity index (χ4v) is 4.26. The molecule has 25 heavy (non-hydrogen) atoms. The van der Waals surface area contributed by atoms with Gasteiger partial charge in [0.05, 0.1) is 0 Å². The molecule has 0 aliphatic rings. The molecule has 0 fully saturated rings. The minimum Gasteiger partial charge on any atom is -0.507 e. The molecule has 2 heterocycles. The van der Waals surface area contributed by atoms with Crippen LogP contribution in [-0.4, -0.2) is 16.6 Å². The minimum absolute atomic E-state index is 0.120. The number of aromatic amines is 1. The Bertz CT molecular complexity index is 1160. The number of phenolic OH excluding ortho intramolecular Hbond substituents is 1. The van der Waals surface area contributed by atoms with Crippen LogP contribution in [0.3, 0.4) is 0 Å². The van der Waals surface area contributed by atoms with E-state index in [-0.39, 0.29) is 11.3 Å². The number of aromatic nitrogens is 1. The molecule has 0 bridgehead atoms. The summed E-state index contributed by atoms with van der Waals surface area (Å²) in [6.07, 6.45) is 0.697. The maximum Gasteiger partial charge on any atom is 0.266 e. The van der Waals surface area contributed by atoms with Crippen molar-refractivity contribution in [1.29, 1.82) is 0 Å². The van der Waals surface area contributed by atoms with Crippen molar-refractivity contribution in [2.75, 3.05) is 6.54 Å². The van der Waals surface area contributed by atoms with Crippen LogP contribution in [0.15, 0.2) is 46.6 Å². The first kappa shape index (κ1) is 16.1. The highest BCUT2D eigenvalue weighted by molar-refractivity contribution is 7.17. The molecule has 0 saturated heterocycles. The van der Waals surface area contributed by atoms with Gasteiger partial charge in [-0.1, -0.05) is 23.7 Å². The van der Waals surface area contributed by atoms with Gasteiger partial charge in [-0.05, 0) is 53.7 Å². The Labute approximate surface area is 152 Å². The van der Waals surface area contributed by atoms with E-state index in [1.54, 1.807) is 12.1 Å². The molecule has 6 heteroatoms. The number of fused-ring (bicyclic) bond motifs is 3. The number of phenols is 1. The number of hydrogen-bond acceptors (Lipinski definition) is 4. The van der Waals surface area contributed by atoms with Crippen molar-refractivity contribution in [3.8, 4) is 16.9 Å². The summed E-state index contributed by atoms with van der Waals surface area (Å²) in [7, 11) is 0. The normalized spacial score (nSPS) is 11.4. The fraction of sp³-hybridized carbons (Fsp3) is 0.105. The first-order chi connectivity index (χ1) is 12.1. The molecule has 0 unspecified atom stereocenters. The summed E-state index contributed by atoms with van der Waals surface area (Å²) in [5, 5.41) is 14.7. The Morgan fingerprint density at radius 2 is 2.04 bits per heavy atom. The van der Waals surface area contributed by atoms with E-state index in [1.807, 2.05) is 29.6 Å². The minimum atomic E-state index is -0.120. The van der Waals surface area contributed by atoms with Gasteiger partial charge in [-0.25, -0.2) is 0 Å². The van der Waals surface area contributed by atoms with Crippen molar-refractivity contribution < 1.29 is 5.11 Å². The van der Waals surface area contributed by atoms with E-state index in [0.717, 1.165) is 21.9 Å². The van der Waals surface area contributed by atoms with Crippen molar-refractivity contribution in [3.05, 3.63) is 62.7 Å². The van der Waals surface area contributed by atoms with Gasteiger partial charge in [0.2, 0.25) is 0 Å². The van der Waals surface area contributed by atoms with E-state index in [0.29, 0.717) is 33.8 Å². The molecule has 4 nitrogen and oxygen atoms in total. The monoisotopic (exact) mass is 370 g/mol. The Hall–Kier alpha value is -2.34. The van der Waals surface area contributed by atoms with E-state index in [1.165, 1.54) is 11.3 Å². The lowest BCUT2D eigenvalue weighted by Gasteiger charge is -2.12. The predicted octanol–water partition coefficient (Wildman–Crippen LogP) is 4.27. The Morgan fingerprint density at radius 3 is 2.80 bits per heavy atom. The molecule has 0 atom stereocenters. The highest BCUT2D eigenvalue weighted by Crippen LogP contribution is 2.40. The molecular formula is C19H15ClN2O2S. The zero-order valence-electron chi connectivity index (χ0n) is 13.2. The number of aromatic hydroxyl groups is 1. The number of pyridine rings is 1. The molecule has 0 aliphatic carbocycles. The summed E-state index contributed by atoms with van der Waals surface area (Å²) in [4.78, 5) is 15.1. The van der Waals surface area contributed by atoms with Gasteiger partial charge in [0.15, 0.2) is 0 Å². The number of nitrogens with one attached hydrogen (secondary N) is 1. The lowest BCUT2D eigenvalue weighted by Crippen LogP contribution is -2.05. The van der Waals surface area contributed by atoms with Crippen LogP contribution >= 0.6 is 22.9 Å².